The van der Waals surface area contributed by atoms with E-state index in [1.54, 1.807) is 23.0 Å². The van der Waals surface area contributed by atoms with Crippen molar-refractivity contribution >= 4 is 29.5 Å². The molecule has 8 heteroatoms. The van der Waals surface area contributed by atoms with Crippen LogP contribution in [-0.2, 0) is 9.53 Å². The first-order chi connectivity index (χ1) is 11.6. The van der Waals surface area contributed by atoms with Gasteiger partial charge in [-0.05, 0) is 43.4 Å². The molecule has 24 heavy (non-hydrogen) atoms. The molecule has 0 aromatic carbocycles. The largest absolute Gasteiger partial charge is 0.379 e. The molecule has 0 spiro atoms. The maximum atomic E-state index is 12.8. The molecular formula is C16H22N4O2S2. The lowest BCUT2D eigenvalue weighted by Crippen LogP contribution is -2.47. The predicted molar refractivity (Wildman–Crippen MR) is 96.6 cm³/mol. The van der Waals surface area contributed by atoms with Gasteiger partial charge < -0.3 is 10.1 Å². The smallest absolute Gasteiger partial charge is 0.243 e. The molecule has 6 nitrogen and oxygen atoms in total. The minimum Gasteiger partial charge on any atom is -0.379 e. The van der Waals surface area contributed by atoms with Crippen molar-refractivity contribution in [2.75, 3.05) is 7.11 Å². The third-order valence-corrected chi connectivity index (χ3v) is 5.70. The fraction of sp³-hybridized carbons (Fsp3) is 0.562. The summed E-state index contributed by atoms with van der Waals surface area (Å²) in [7, 11) is 1.71. The van der Waals surface area contributed by atoms with Crippen molar-refractivity contribution in [2.24, 2.45) is 0 Å². The van der Waals surface area contributed by atoms with Gasteiger partial charge in [-0.15, -0.1) is 11.3 Å². The number of nitrogens with one attached hydrogen (secondary N) is 2. The van der Waals surface area contributed by atoms with Crippen LogP contribution in [0.4, 0.5) is 0 Å². The van der Waals surface area contributed by atoms with Gasteiger partial charge in [-0.2, -0.15) is 5.10 Å². The number of ether oxygens (including phenoxy) is 1. The summed E-state index contributed by atoms with van der Waals surface area (Å²) in [5, 5.41) is 12.2. The number of thiophene rings is 1. The van der Waals surface area contributed by atoms with E-state index < -0.39 is 6.04 Å². The molecule has 1 aliphatic carbocycles. The zero-order chi connectivity index (χ0) is 17.1. The Morgan fingerprint density at radius 2 is 2.33 bits per heavy atom. The molecule has 0 unspecified atom stereocenters. The number of rotatable bonds is 5. The van der Waals surface area contributed by atoms with Crippen molar-refractivity contribution < 1.29 is 9.53 Å². The highest BCUT2D eigenvalue weighted by molar-refractivity contribution is 7.71. The maximum Gasteiger partial charge on any atom is 0.243 e. The fourth-order valence-electron chi connectivity index (χ4n) is 3.21. The standard InChI is InChI=1S/C16H22N4O2S2/c1-10(15(21)17-11-6-3-4-7-12(11)22-2)20-14(18-19-16(20)23)13-8-5-9-24-13/h5,8-12H,3-4,6-7H2,1-2H3,(H,17,21)(H,19,23)/t10-,11-,12-/m1/s1. The highest BCUT2D eigenvalue weighted by atomic mass is 32.1. The molecule has 130 valence electrons. The van der Waals surface area contributed by atoms with Crippen LogP contribution >= 0.6 is 23.6 Å². The lowest BCUT2D eigenvalue weighted by atomic mass is 9.92. The number of nitrogens with zero attached hydrogens (tertiary/aromatic N) is 2. The third kappa shape index (κ3) is 3.45. The molecule has 1 saturated carbocycles. The van der Waals surface area contributed by atoms with E-state index in [9.17, 15) is 4.79 Å². The van der Waals surface area contributed by atoms with Crippen LogP contribution in [0.1, 0.15) is 38.6 Å². The predicted octanol–water partition coefficient (Wildman–Crippen LogP) is 3.30. The van der Waals surface area contributed by atoms with Crippen LogP contribution in [0.3, 0.4) is 0 Å². The Balaban J connectivity index is 1.79. The Morgan fingerprint density at radius 1 is 1.54 bits per heavy atom. The van der Waals surface area contributed by atoms with Crippen LogP contribution in [0.2, 0.25) is 0 Å². The van der Waals surface area contributed by atoms with E-state index in [2.05, 4.69) is 15.5 Å². The van der Waals surface area contributed by atoms with E-state index in [0.717, 1.165) is 30.6 Å². The van der Waals surface area contributed by atoms with Crippen molar-refractivity contribution in [3.8, 4) is 10.7 Å². The van der Waals surface area contributed by atoms with E-state index in [1.807, 2.05) is 24.4 Å². The molecule has 1 amide bonds. The first kappa shape index (κ1) is 17.3. The van der Waals surface area contributed by atoms with Crippen molar-refractivity contribution in [3.63, 3.8) is 0 Å². The van der Waals surface area contributed by atoms with E-state index in [4.69, 9.17) is 17.0 Å². The number of amides is 1. The molecule has 2 aromatic rings. The van der Waals surface area contributed by atoms with Gasteiger partial charge in [-0.1, -0.05) is 18.9 Å². The van der Waals surface area contributed by atoms with E-state index in [-0.39, 0.29) is 18.1 Å². The Kier molecular flexibility index (Phi) is 5.47. The van der Waals surface area contributed by atoms with Crippen LogP contribution in [-0.4, -0.2) is 39.9 Å². The molecule has 0 aliphatic heterocycles. The summed E-state index contributed by atoms with van der Waals surface area (Å²) in [6.07, 6.45) is 4.29. The first-order valence-electron chi connectivity index (χ1n) is 8.15. The highest BCUT2D eigenvalue weighted by Crippen LogP contribution is 2.26. The summed E-state index contributed by atoms with van der Waals surface area (Å²) in [5.41, 5.74) is 0. The van der Waals surface area contributed by atoms with Gasteiger partial charge in [0.05, 0.1) is 17.0 Å². The molecule has 2 heterocycles. The number of hydrogen-bond donors (Lipinski definition) is 2. The molecule has 2 aromatic heterocycles. The number of hydrogen-bond acceptors (Lipinski definition) is 5. The normalized spacial score (nSPS) is 22.2. The Hall–Kier alpha value is -1.51. The Morgan fingerprint density at radius 3 is 3.04 bits per heavy atom. The molecule has 3 atom stereocenters. The Bertz CT molecular complexity index is 738. The summed E-state index contributed by atoms with van der Waals surface area (Å²) in [4.78, 5) is 13.8. The van der Waals surface area contributed by atoms with Crippen LogP contribution < -0.4 is 5.32 Å². The number of methoxy groups -OCH3 is 1. The van der Waals surface area contributed by atoms with E-state index >= 15 is 0 Å². The minimum atomic E-state index is -0.437. The molecule has 1 fully saturated rings. The van der Waals surface area contributed by atoms with E-state index in [0.29, 0.717) is 10.6 Å². The molecule has 0 saturated heterocycles. The van der Waals surface area contributed by atoms with Gasteiger partial charge in [-0.25, -0.2) is 0 Å². The van der Waals surface area contributed by atoms with Crippen LogP contribution in [0.15, 0.2) is 17.5 Å². The second kappa shape index (κ2) is 7.58. The van der Waals surface area contributed by atoms with Crippen molar-refractivity contribution in [1.82, 2.24) is 20.1 Å². The number of H-pyrrole nitrogens is 1. The van der Waals surface area contributed by atoms with E-state index in [1.165, 1.54) is 0 Å². The number of aromatic amines is 1. The van der Waals surface area contributed by atoms with Gasteiger partial charge >= 0.3 is 0 Å². The highest BCUT2D eigenvalue weighted by Gasteiger charge is 2.29. The van der Waals surface area contributed by atoms with Crippen molar-refractivity contribution in [1.29, 1.82) is 0 Å². The van der Waals surface area contributed by atoms with Crippen LogP contribution in [0, 0.1) is 4.77 Å². The third-order valence-electron chi connectivity index (χ3n) is 4.55. The van der Waals surface area contributed by atoms with Crippen LogP contribution in [0.25, 0.3) is 10.7 Å². The van der Waals surface area contributed by atoms with Crippen molar-refractivity contribution in [2.45, 2.75) is 50.8 Å². The number of aromatic nitrogens is 3. The molecule has 2 N–H and O–H groups in total. The molecule has 1 aliphatic rings. The molecule has 3 rings (SSSR count). The minimum absolute atomic E-state index is 0.0562. The second-order valence-electron chi connectivity index (χ2n) is 6.05. The van der Waals surface area contributed by atoms with Gasteiger partial charge in [0.15, 0.2) is 10.6 Å². The lowest BCUT2D eigenvalue weighted by molar-refractivity contribution is -0.126. The average Bonchev–Trinajstić information content (AvgIpc) is 3.24. The van der Waals surface area contributed by atoms with Gasteiger partial charge in [0.25, 0.3) is 0 Å². The van der Waals surface area contributed by atoms with Crippen LogP contribution in [0.5, 0.6) is 0 Å². The maximum absolute atomic E-state index is 12.8. The van der Waals surface area contributed by atoms with Gasteiger partial charge in [0.2, 0.25) is 5.91 Å². The van der Waals surface area contributed by atoms with Gasteiger partial charge in [0.1, 0.15) is 6.04 Å². The summed E-state index contributed by atoms with van der Waals surface area (Å²) in [5.74, 6) is 0.642. The molecular weight excluding hydrogens is 344 g/mol. The summed E-state index contributed by atoms with van der Waals surface area (Å²) in [6, 6.07) is 3.55. The van der Waals surface area contributed by atoms with Gasteiger partial charge in [0, 0.05) is 7.11 Å². The quantitative estimate of drug-likeness (QED) is 0.797. The summed E-state index contributed by atoms with van der Waals surface area (Å²) >= 11 is 6.91. The summed E-state index contributed by atoms with van der Waals surface area (Å²) in [6.45, 7) is 1.85. The SMILES string of the molecule is CO[C@@H]1CCCC[C@H]1NC(=O)[C@@H](C)n1c(-c2cccs2)n[nH]c1=S. The number of carbonyl (C=O) groups is 1. The first-order valence-corrected chi connectivity index (χ1v) is 9.44. The topological polar surface area (TPSA) is 71.9 Å². The van der Waals surface area contributed by atoms with Gasteiger partial charge in [-0.3, -0.25) is 14.5 Å². The second-order valence-corrected chi connectivity index (χ2v) is 7.38. The molecule has 0 radical (unpaired) electrons. The summed E-state index contributed by atoms with van der Waals surface area (Å²) < 4.78 is 7.75. The fourth-order valence-corrected chi connectivity index (χ4v) is 4.21. The Labute approximate surface area is 150 Å². The zero-order valence-electron chi connectivity index (χ0n) is 13.8. The molecule has 0 bridgehead atoms. The van der Waals surface area contributed by atoms with Crippen molar-refractivity contribution in [3.05, 3.63) is 22.3 Å². The zero-order valence-corrected chi connectivity index (χ0v) is 15.5. The lowest BCUT2D eigenvalue weighted by Gasteiger charge is -2.32. The average molecular weight is 367 g/mol. The number of carbonyl (C=O) groups excluding carboxylic acids is 1. The monoisotopic (exact) mass is 366 g/mol.